The number of hydrogen-bond acceptors (Lipinski definition) is 2. The van der Waals surface area contributed by atoms with E-state index < -0.39 is 0 Å². The van der Waals surface area contributed by atoms with E-state index in [0.717, 1.165) is 12.1 Å². The smallest absolute Gasteiger partial charge is 0.0693 e. The Morgan fingerprint density at radius 2 is 1.76 bits per heavy atom. The molecule has 94 valence electrons. The molecule has 1 fully saturated rings. The summed E-state index contributed by atoms with van der Waals surface area (Å²) in [6, 6.07) is 4.52. The van der Waals surface area contributed by atoms with Gasteiger partial charge in [0, 0.05) is 12.6 Å². The predicted octanol–water partition coefficient (Wildman–Crippen LogP) is 3.95. The summed E-state index contributed by atoms with van der Waals surface area (Å²) in [7, 11) is 2.16. The van der Waals surface area contributed by atoms with Crippen LogP contribution in [0.5, 0.6) is 0 Å². The van der Waals surface area contributed by atoms with Gasteiger partial charge in [0.05, 0.1) is 15.7 Å². The second-order valence-corrected chi connectivity index (χ2v) is 5.64. The van der Waals surface area contributed by atoms with E-state index in [1.165, 1.54) is 25.7 Å². The van der Waals surface area contributed by atoms with E-state index in [1.807, 2.05) is 12.1 Å². The number of nitrogen functional groups attached to an aromatic ring is 1. The second-order valence-electron chi connectivity index (χ2n) is 4.83. The zero-order valence-electron chi connectivity index (χ0n) is 10.0. The van der Waals surface area contributed by atoms with Crippen molar-refractivity contribution in [1.82, 2.24) is 4.90 Å². The van der Waals surface area contributed by atoms with Gasteiger partial charge in [-0.1, -0.05) is 36.0 Å². The molecule has 1 aliphatic rings. The molecule has 2 nitrogen and oxygen atoms in total. The van der Waals surface area contributed by atoms with Crippen molar-refractivity contribution in [2.24, 2.45) is 0 Å². The minimum Gasteiger partial charge on any atom is -0.396 e. The lowest BCUT2D eigenvalue weighted by Gasteiger charge is -2.24. The predicted molar refractivity (Wildman–Crippen MR) is 74.6 cm³/mol. The average Bonchev–Trinajstić information content (AvgIpc) is 2.79. The van der Waals surface area contributed by atoms with Crippen molar-refractivity contribution in [3.63, 3.8) is 0 Å². The molecule has 0 bridgehead atoms. The minimum atomic E-state index is 0.473. The number of nitrogens with zero attached hydrogens (tertiary/aromatic N) is 1. The van der Waals surface area contributed by atoms with Crippen molar-refractivity contribution in [2.75, 3.05) is 12.8 Å². The Morgan fingerprint density at radius 1 is 1.24 bits per heavy atom. The van der Waals surface area contributed by atoms with Gasteiger partial charge in [-0.15, -0.1) is 0 Å². The first-order valence-corrected chi connectivity index (χ1v) is 6.77. The van der Waals surface area contributed by atoms with Crippen molar-refractivity contribution < 1.29 is 0 Å². The fourth-order valence-corrected chi connectivity index (χ4v) is 3.02. The molecule has 0 saturated heterocycles. The zero-order chi connectivity index (χ0) is 12.4. The lowest BCUT2D eigenvalue weighted by Crippen LogP contribution is -2.28. The Labute approximate surface area is 113 Å². The lowest BCUT2D eigenvalue weighted by atomic mass is 10.1. The van der Waals surface area contributed by atoms with Crippen LogP contribution < -0.4 is 5.73 Å². The molecule has 2 N–H and O–H groups in total. The van der Waals surface area contributed by atoms with Gasteiger partial charge in [-0.2, -0.15) is 0 Å². The van der Waals surface area contributed by atoms with Crippen LogP contribution in [0, 0.1) is 0 Å². The molecule has 2 rings (SSSR count). The fraction of sp³-hybridized carbons (Fsp3) is 0.538. The molecule has 1 aliphatic carbocycles. The highest BCUT2D eigenvalue weighted by atomic mass is 35.5. The number of anilines is 1. The SMILES string of the molecule is CN(Cc1cc(Cl)c(N)c(Cl)c1)C1CCCC1. The van der Waals surface area contributed by atoms with Crippen LogP contribution in [0.4, 0.5) is 5.69 Å². The summed E-state index contributed by atoms with van der Waals surface area (Å²) in [4.78, 5) is 2.38. The first-order chi connectivity index (χ1) is 8.08. The lowest BCUT2D eigenvalue weighted by molar-refractivity contribution is 0.237. The monoisotopic (exact) mass is 272 g/mol. The molecule has 1 saturated carbocycles. The molecule has 1 aromatic rings. The van der Waals surface area contributed by atoms with Gasteiger partial charge < -0.3 is 5.73 Å². The molecule has 17 heavy (non-hydrogen) atoms. The van der Waals surface area contributed by atoms with Crippen LogP contribution in [-0.4, -0.2) is 18.0 Å². The summed E-state index contributed by atoms with van der Waals surface area (Å²) in [6.07, 6.45) is 5.29. The van der Waals surface area contributed by atoms with Crippen LogP contribution in [0.3, 0.4) is 0 Å². The molecule has 0 aromatic heterocycles. The third kappa shape index (κ3) is 3.06. The van der Waals surface area contributed by atoms with Gasteiger partial charge >= 0.3 is 0 Å². The summed E-state index contributed by atoms with van der Waals surface area (Å²) in [5.74, 6) is 0. The number of benzene rings is 1. The Kier molecular flexibility index (Phi) is 4.18. The molecule has 0 atom stereocenters. The van der Waals surface area contributed by atoms with Crippen LogP contribution in [0.1, 0.15) is 31.2 Å². The maximum Gasteiger partial charge on any atom is 0.0693 e. The molecular weight excluding hydrogens is 255 g/mol. The topological polar surface area (TPSA) is 29.3 Å². The largest absolute Gasteiger partial charge is 0.396 e. The highest BCUT2D eigenvalue weighted by molar-refractivity contribution is 6.38. The normalized spacial score (nSPS) is 16.9. The number of hydrogen-bond donors (Lipinski definition) is 1. The fourth-order valence-electron chi connectivity index (χ4n) is 2.49. The van der Waals surface area contributed by atoms with Gasteiger partial charge in [-0.05, 0) is 37.6 Å². The van der Waals surface area contributed by atoms with Crippen LogP contribution >= 0.6 is 23.2 Å². The van der Waals surface area contributed by atoms with Crippen LogP contribution in [-0.2, 0) is 6.54 Å². The summed E-state index contributed by atoms with van der Waals surface area (Å²) >= 11 is 12.1. The third-order valence-electron chi connectivity index (χ3n) is 3.52. The molecule has 4 heteroatoms. The van der Waals surface area contributed by atoms with Gasteiger partial charge in [0.2, 0.25) is 0 Å². The summed E-state index contributed by atoms with van der Waals surface area (Å²) in [6.45, 7) is 0.879. The van der Waals surface area contributed by atoms with Gasteiger partial charge in [-0.3, -0.25) is 4.90 Å². The van der Waals surface area contributed by atoms with Crippen molar-refractivity contribution >= 4 is 28.9 Å². The van der Waals surface area contributed by atoms with Gasteiger partial charge in [0.15, 0.2) is 0 Å². The molecule has 0 radical (unpaired) electrons. The third-order valence-corrected chi connectivity index (χ3v) is 4.14. The maximum atomic E-state index is 6.03. The van der Waals surface area contributed by atoms with E-state index in [-0.39, 0.29) is 0 Å². The quantitative estimate of drug-likeness (QED) is 0.845. The number of halogens is 2. The summed E-state index contributed by atoms with van der Waals surface area (Å²) in [5, 5.41) is 1.10. The number of rotatable bonds is 3. The molecule has 0 unspecified atom stereocenters. The van der Waals surface area contributed by atoms with Crippen LogP contribution in [0.2, 0.25) is 10.0 Å². The van der Waals surface area contributed by atoms with E-state index in [0.29, 0.717) is 21.8 Å². The second kappa shape index (κ2) is 5.47. The minimum absolute atomic E-state index is 0.473. The molecule has 0 amide bonds. The van der Waals surface area contributed by atoms with Gasteiger partial charge in [-0.25, -0.2) is 0 Å². The summed E-state index contributed by atoms with van der Waals surface area (Å²) < 4.78 is 0. The van der Waals surface area contributed by atoms with Crippen molar-refractivity contribution in [3.05, 3.63) is 27.7 Å². The van der Waals surface area contributed by atoms with Crippen LogP contribution in [0.15, 0.2) is 12.1 Å². The van der Waals surface area contributed by atoms with E-state index in [4.69, 9.17) is 28.9 Å². The molecule has 0 heterocycles. The molecule has 1 aromatic carbocycles. The Balaban J connectivity index is 2.07. The molecule has 0 aliphatic heterocycles. The van der Waals surface area contributed by atoms with E-state index in [1.54, 1.807) is 0 Å². The van der Waals surface area contributed by atoms with Crippen LogP contribution in [0.25, 0.3) is 0 Å². The Bertz CT molecular complexity index is 377. The zero-order valence-corrected chi connectivity index (χ0v) is 11.6. The molecular formula is C13H18Cl2N2. The highest BCUT2D eigenvalue weighted by Crippen LogP contribution is 2.30. The van der Waals surface area contributed by atoms with E-state index in [9.17, 15) is 0 Å². The maximum absolute atomic E-state index is 6.03. The Morgan fingerprint density at radius 3 is 2.29 bits per heavy atom. The standard InChI is InChI=1S/C13H18Cl2N2/c1-17(10-4-2-3-5-10)8-9-6-11(14)13(16)12(15)7-9/h6-7,10H,2-5,8,16H2,1H3. The number of nitrogens with two attached hydrogens (primary N) is 1. The first-order valence-electron chi connectivity index (χ1n) is 6.01. The van der Waals surface area contributed by atoms with E-state index in [2.05, 4.69) is 11.9 Å². The van der Waals surface area contributed by atoms with Crippen molar-refractivity contribution in [3.8, 4) is 0 Å². The summed E-state index contributed by atoms with van der Waals surface area (Å²) in [5.41, 5.74) is 7.33. The van der Waals surface area contributed by atoms with E-state index >= 15 is 0 Å². The van der Waals surface area contributed by atoms with Gasteiger partial charge in [0.25, 0.3) is 0 Å². The van der Waals surface area contributed by atoms with Crippen molar-refractivity contribution in [2.45, 2.75) is 38.3 Å². The van der Waals surface area contributed by atoms with Crippen molar-refractivity contribution in [1.29, 1.82) is 0 Å². The first kappa shape index (κ1) is 13.0. The average molecular weight is 273 g/mol. The molecule has 0 spiro atoms. The van der Waals surface area contributed by atoms with Gasteiger partial charge in [0.1, 0.15) is 0 Å². The highest BCUT2D eigenvalue weighted by Gasteiger charge is 2.19. The Hall–Kier alpha value is -0.440.